The highest BCUT2D eigenvalue weighted by molar-refractivity contribution is 5.75. The van der Waals surface area contributed by atoms with Crippen molar-refractivity contribution in [3.63, 3.8) is 0 Å². The lowest BCUT2D eigenvalue weighted by atomic mass is 10.1. The van der Waals surface area contributed by atoms with E-state index in [4.69, 9.17) is 5.11 Å². The van der Waals surface area contributed by atoms with Crippen molar-refractivity contribution in [3.8, 4) is 0 Å². The van der Waals surface area contributed by atoms with E-state index in [0.717, 1.165) is 6.42 Å². The number of carbonyl (C=O) groups is 2. The number of carbonyl (C=O) groups excluding carboxylic acids is 1. The average Bonchev–Trinajstić information content (AvgIpc) is 2.93. The van der Waals surface area contributed by atoms with E-state index >= 15 is 0 Å². The quantitative estimate of drug-likeness (QED) is 0.741. The second-order valence-corrected chi connectivity index (χ2v) is 4.76. The van der Waals surface area contributed by atoms with Gasteiger partial charge in [-0.05, 0) is 18.3 Å². The van der Waals surface area contributed by atoms with E-state index in [2.05, 4.69) is 19.2 Å². The van der Waals surface area contributed by atoms with Crippen LogP contribution >= 0.6 is 0 Å². The minimum Gasteiger partial charge on any atom is -0.481 e. The van der Waals surface area contributed by atoms with Crippen LogP contribution in [0.5, 0.6) is 0 Å². The van der Waals surface area contributed by atoms with Crippen LogP contribution in [0.1, 0.15) is 26.7 Å². The zero-order valence-corrected chi connectivity index (χ0v) is 10.1. The summed E-state index contributed by atoms with van der Waals surface area (Å²) in [7, 11) is 1.62. The van der Waals surface area contributed by atoms with Crippen molar-refractivity contribution < 1.29 is 14.7 Å². The molecule has 0 aliphatic heterocycles. The summed E-state index contributed by atoms with van der Waals surface area (Å²) < 4.78 is 0. The number of rotatable bonds is 5. The van der Waals surface area contributed by atoms with E-state index in [0.29, 0.717) is 11.8 Å². The molecule has 0 saturated heterocycles. The molecule has 1 saturated carbocycles. The van der Waals surface area contributed by atoms with Gasteiger partial charge >= 0.3 is 12.0 Å². The molecule has 0 unspecified atom stereocenters. The highest BCUT2D eigenvalue weighted by atomic mass is 16.4. The maximum Gasteiger partial charge on any atom is 0.317 e. The van der Waals surface area contributed by atoms with Crippen molar-refractivity contribution in [1.82, 2.24) is 10.2 Å². The first-order valence-electron chi connectivity index (χ1n) is 5.65. The van der Waals surface area contributed by atoms with Crippen LogP contribution in [0.4, 0.5) is 4.79 Å². The second kappa shape index (κ2) is 5.18. The van der Waals surface area contributed by atoms with E-state index < -0.39 is 5.97 Å². The van der Waals surface area contributed by atoms with Gasteiger partial charge in [-0.2, -0.15) is 0 Å². The molecular formula is C11H20N2O3. The first kappa shape index (κ1) is 12.8. The molecule has 2 amide bonds. The fraction of sp³-hybridized carbons (Fsp3) is 0.818. The number of nitrogens with zero attached hydrogens (tertiary/aromatic N) is 1. The van der Waals surface area contributed by atoms with Gasteiger partial charge in [0.25, 0.3) is 0 Å². The summed E-state index contributed by atoms with van der Waals surface area (Å²) in [5, 5.41) is 11.4. The molecule has 0 aromatic heterocycles. The SMILES string of the molecule is CC(C)[C@@H]1C[C@H]1NC(=O)N(C)CCC(=O)O. The number of carboxylic acids is 1. The predicted octanol–water partition coefficient (Wildman–Crippen LogP) is 1.15. The van der Waals surface area contributed by atoms with Crippen molar-refractivity contribution in [2.45, 2.75) is 32.7 Å². The zero-order chi connectivity index (χ0) is 12.3. The molecule has 92 valence electrons. The average molecular weight is 228 g/mol. The zero-order valence-electron chi connectivity index (χ0n) is 10.1. The van der Waals surface area contributed by atoms with E-state index in [1.54, 1.807) is 7.05 Å². The van der Waals surface area contributed by atoms with Crippen LogP contribution in [-0.2, 0) is 4.79 Å². The molecule has 0 aromatic carbocycles. The first-order valence-corrected chi connectivity index (χ1v) is 5.65. The highest BCUT2D eigenvalue weighted by Crippen LogP contribution is 2.37. The molecule has 2 atom stereocenters. The van der Waals surface area contributed by atoms with Gasteiger partial charge in [0, 0.05) is 19.6 Å². The molecule has 2 N–H and O–H groups in total. The van der Waals surface area contributed by atoms with E-state index in [-0.39, 0.29) is 25.0 Å². The minimum absolute atomic E-state index is 0.0117. The Morgan fingerprint density at radius 1 is 1.50 bits per heavy atom. The van der Waals surface area contributed by atoms with Gasteiger partial charge in [-0.25, -0.2) is 4.79 Å². The summed E-state index contributed by atoms with van der Waals surface area (Å²) in [6.45, 7) is 4.54. The van der Waals surface area contributed by atoms with Gasteiger partial charge in [0.2, 0.25) is 0 Å². The molecule has 0 bridgehead atoms. The number of nitrogens with one attached hydrogen (secondary N) is 1. The van der Waals surface area contributed by atoms with E-state index in [9.17, 15) is 9.59 Å². The summed E-state index contributed by atoms with van der Waals surface area (Å²) in [6, 6.07) is 0.106. The minimum atomic E-state index is -0.883. The molecule has 1 aliphatic carbocycles. The van der Waals surface area contributed by atoms with Crippen molar-refractivity contribution in [2.24, 2.45) is 11.8 Å². The van der Waals surface area contributed by atoms with Crippen LogP contribution in [0, 0.1) is 11.8 Å². The number of hydrogen-bond acceptors (Lipinski definition) is 2. The molecule has 1 fully saturated rings. The monoisotopic (exact) mass is 228 g/mol. The summed E-state index contributed by atoms with van der Waals surface area (Å²) in [4.78, 5) is 23.4. The smallest absolute Gasteiger partial charge is 0.317 e. The Bertz CT molecular complexity index is 278. The summed E-state index contributed by atoms with van der Waals surface area (Å²) in [5.74, 6) is 0.289. The Hall–Kier alpha value is -1.26. The maximum atomic E-state index is 11.6. The molecule has 5 nitrogen and oxygen atoms in total. The largest absolute Gasteiger partial charge is 0.481 e. The molecule has 0 radical (unpaired) electrons. The fourth-order valence-corrected chi connectivity index (χ4v) is 1.75. The number of amides is 2. The Balaban J connectivity index is 2.23. The predicted molar refractivity (Wildman–Crippen MR) is 60.1 cm³/mol. The van der Waals surface area contributed by atoms with Gasteiger partial charge in [-0.1, -0.05) is 13.8 Å². The Morgan fingerprint density at radius 3 is 2.56 bits per heavy atom. The van der Waals surface area contributed by atoms with Crippen LogP contribution in [0.2, 0.25) is 0 Å². The van der Waals surface area contributed by atoms with Gasteiger partial charge in [0.15, 0.2) is 0 Å². The molecule has 16 heavy (non-hydrogen) atoms. The normalized spacial score (nSPS) is 23.0. The van der Waals surface area contributed by atoms with Crippen molar-refractivity contribution >= 4 is 12.0 Å². The summed E-state index contributed by atoms with van der Waals surface area (Å²) in [6.07, 6.45) is 1.03. The molecule has 1 aliphatic rings. The lowest BCUT2D eigenvalue weighted by Crippen LogP contribution is -2.40. The Morgan fingerprint density at radius 2 is 2.12 bits per heavy atom. The first-order chi connectivity index (χ1) is 7.41. The Labute approximate surface area is 95.8 Å². The number of carboxylic acid groups (broad SMARTS) is 1. The number of hydrogen-bond donors (Lipinski definition) is 2. The van der Waals surface area contributed by atoms with Gasteiger partial charge in [-0.3, -0.25) is 4.79 Å². The standard InChI is InChI=1S/C11H20N2O3/c1-7(2)8-6-9(8)12-11(16)13(3)5-4-10(14)15/h7-9H,4-6H2,1-3H3,(H,12,16)(H,14,15)/t8-,9+/m0/s1. The topological polar surface area (TPSA) is 69.6 Å². The Kier molecular flexibility index (Phi) is 4.15. The maximum absolute atomic E-state index is 11.6. The molecular weight excluding hydrogens is 208 g/mol. The van der Waals surface area contributed by atoms with Crippen LogP contribution in [0.3, 0.4) is 0 Å². The van der Waals surface area contributed by atoms with Crippen LogP contribution < -0.4 is 5.32 Å². The summed E-state index contributed by atoms with van der Waals surface area (Å²) in [5.41, 5.74) is 0. The van der Waals surface area contributed by atoms with Gasteiger partial charge in [0.05, 0.1) is 6.42 Å². The fourth-order valence-electron chi connectivity index (χ4n) is 1.75. The van der Waals surface area contributed by atoms with Crippen LogP contribution in [0.15, 0.2) is 0 Å². The molecule has 0 heterocycles. The van der Waals surface area contributed by atoms with Gasteiger partial charge < -0.3 is 15.3 Å². The van der Waals surface area contributed by atoms with Crippen molar-refractivity contribution in [3.05, 3.63) is 0 Å². The van der Waals surface area contributed by atoms with E-state index in [1.807, 2.05) is 0 Å². The van der Waals surface area contributed by atoms with Gasteiger partial charge in [0.1, 0.15) is 0 Å². The molecule has 0 aromatic rings. The van der Waals surface area contributed by atoms with Crippen molar-refractivity contribution in [2.75, 3.05) is 13.6 Å². The third kappa shape index (κ3) is 3.72. The third-order valence-electron chi connectivity index (χ3n) is 3.01. The number of urea groups is 1. The third-order valence-corrected chi connectivity index (χ3v) is 3.01. The second-order valence-electron chi connectivity index (χ2n) is 4.76. The summed E-state index contributed by atoms with van der Waals surface area (Å²) >= 11 is 0. The lowest BCUT2D eigenvalue weighted by molar-refractivity contribution is -0.137. The van der Waals surface area contributed by atoms with Gasteiger partial charge in [-0.15, -0.1) is 0 Å². The highest BCUT2D eigenvalue weighted by Gasteiger charge is 2.40. The van der Waals surface area contributed by atoms with E-state index in [1.165, 1.54) is 4.90 Å². The van der Waals surface area contributed by atoms with Crippen molar-refractivity contribution in [1.29, 1.82) is 0 Å². The van der Waals surface area contributed by atoms with Crippen LogP contribution in [0.25, 0.3) is 0 Å². The molecule has 1 rings (SSSR count). The molecule has 5 heteroatoms. The lowest BCUT2D eigenvalue weighted by Gasteiger charge is -2.17. The number of aliphatic carboxylic acids is 1. The molecule has 0 spiro atoms. The van der Waals surface area contributed by atoms with Crippen LogP contribution in [-0.4, -0.2) is 41.6 Å².